The molecule has 0 rings (SSSR count). The van der Waals surface area contributed by atoms with Crippen molar-refractivity contribution in [2.24, 2.45) is 0 Å². The highest BCUT2D eigenvalue weighted by atomic mass is 16.7. The molecular formula is C78H117NO8. The number of carboxylic acids is 1. The summed E-state index contributed by atoms with van der Waals surface area (Å²) in [4.78, 5) is 37.4. The van der Waals surface area contributed by atoms with E-state index in [1.165, 1.54) is 0 Å². The van der Waals surface area contributed by atoms with E-state index in [0.717, 1.165) is 154 Å². The lowest BCUT2D eigenvalue weighted by molar-refractivity contribution is -0.870. The summed E-state index contributed by atoms with van der Waals surface area (Å²) in [7, 11) is 5.88. The molecule has 9 heteroatoms. The molecule has 2 unspecified atom stereocenters. The van der Waals surface area contributed by atoms with Gasteiger partial charge in [0.15, 0.2) is 12.4 Å². The summed E-state index contributed by atoms with van der Waals surface area (Å²) in [6.07, 6.45) is 101. The fourth-order valence-corrected chi connectivity index (χ4v) is 7.76. The number of rotatable bonds is 57. The molecule has 0 spiro atoms. The van der Waals surface area contributed by atoms with Gasteiger partial charge in [0.25, 0.3) is 0 Å². The first-order valence-electron chi connectivity index (χ1n) is 32.9. The van der Waals surface area contributed by atoms with Crippen molar-refractivity contribution < 1.29 is 42.9 Å². The number of quaternary nitrogens is 1. The van der Waals surface area contributed by atoms with Gasteiger partial charge in [-0.3, -0.25) is 9.59 Å². The van der Waals surface area contributed by atoms with Crippen LogP contribution in [-0.2, 0) is 33.3 Å². The number of esters is 2. The van der Waals surface area contributed by atoms with Gasteiger partial charge in [0.1, 0.15) is 13.2 Å². The van der Waals surface area contributed by atoms with Crippen LogP contribution in [0.25, 0.3) is 0 Å². The highest BCUT2D eigenvalue weighted by molar-refractivity contribution is 5.70. The Morgan fingerprint density at radius 3 is 0.954 bits per heavy atom. The zero-order valence-corrected chi connectivity index (χ0v) is 54.8. The van der Waals surface area contributed by atoms with E-state index >= 15 is 0 Å². The Morgan fingerprint density at radius 1 is 0.345 bits per heavy atom. The third-order valence-corrected chi connectivity index (χ3v) is 12.7. The number of nitrogens with zero attached hydrogens (tertiary/aromatic N) is 1. The van der Waals surface area contributed by atoms with Crippen molar-refractivity contribution in [1.29, 1.82) is 0 Å². The van der Waals surface area contributed by atoms with E-state index in [-0.39, 0.29) is 32.7 Å². The van der Waals surface area contributed by atoms with Crippen LogP contribution in [0, 0.1) is 0 Å². The van der Waals surface area contributed by atoms with Crippen LogP contribution in [-0.4, -0.2) is 82.3 Å². The quantitative estimate of drug-likeness (QED) is 0.0195. The number of hydrogen-bond acceptors (Lipinski definition) is 8. The summed E-state index contributed by atoms with van der Waals surface area (Å²) in [5.74, 6) is -2.42. The largest absolute Gasteiger partial charge is 0.545 e. The Hall–Kier alpha value is -6.39. The van der Waals surface area contributed by atoms with Gasteiger partial charge in [-0.1, -0.05) is 252 Å². The van der Waals surface area contributed by atoms with Gasteiger partial charge in [-0.15, -0.1) is 0 Å². The van der Waals surface area contributed by atoms with Gasteiger partial charge in [-0.25, -0.2) is 0 Å². The van der Waals surface area contributed by atoms with E-state index in [9.17, 15) is 19.5 Å². The topological polar surface area (TPSA) is 111 Å². The second-order valence-electron chi connectivity index (χ2n) is 21.9. The highest BCUT2D eigenvalue weighted by Crippen LogP contribution is 2.12. The maximum Gasteiger partial charge on any atom is 0.306 e. The van der Waals surface area contributed by atoms with Crippen molar-refractivity contribution in [1.82, 2.24) is 0 Å². The van der Waals surface area contributed by atoms with Crippen molar-refractivity contribution in [3.05, 3.63) is 219 Å². The summed E-state index contributed by atoms with van der Waals surface area (Å²) in [5, 5.41) is 11.8. The molecule has 0 aliphatic carbocycles. The van der Waals surface area contributed by atoms with Crippen LogP contribution in [0.2, 0.25) is 0 Å². The molecule has 0 bridgehead atoms. The average molecular weight is 1200 g/mol. The predicted octanol–water partition coefficient (Wildman–Crippen LogP) is 19.2. The number of hydrogen-bond donors (Lipinski definition) is 0. The molecule has 0 aliphatic heterocycles. The summed E-state index contributed by atoms with van der Waals surface area (Å²) in [6, 6.07) is 0. The number of unbranched alkanes of at least 4 members (excludes halogenated alkanes) is 6. The molecule has 0 aromatic carbocycles. The van der Waals surface area contributed by atoms with Crippen LogP contribution in [0.1, 0.15) is 194 Å². The fraction of sp³-hybridized carbons (Fsp3) is 0.500. The number of carbonyl (C=O) groups is 3. The summed E-state index contributed by atoms with van der Waals surface area (Å²) >= 11 is 0. The zero-order chi connectivity index (χ0) is 63.3. The lowest BCUT2D eigenvalue weighted by atomic mass is 10.1. The van der Waals surface area contributed by atoms with Crippen molar-refractivity contribution in [2.45, 2.75) is 206 Å². The lowest BCUT2D eigenvalue weighted by Crippen LogP contribution is -2.44. The van der Waals surface area contributed by atoms with Crippen LogP contribution >= 0.6 is 0 Å². The number of likely N-dealkylation sites (N-methyl/N-ethyl adjacent to an activating group) is 1. The maximum atomic E-state index is 12.9. The van der Waals surface area contributed by atoms with Gasteiger partial charge in [0, 0.05) is 12.8 Å². The van der Waals surface area contributed by atoms with Crippen molar-refractivity contribution in [3.8, 4) is 0 Å². The zero-order valence-electron chi connectivity index (χ0n) is 54.8. The monoisotopic (exact) mass is 1200 g/mol. The van der Waals surface area contributed by atoms with Gasteiger partial charge >= 0.3 is 11.9 Å². The van der Waals surface area contributed by atoms with Crippen LogP contribution in [0.15, 0.2) is 219 Å². The van der Waals surface area contributed by atoms with Crippen LogP contribution < -0.4 is 5.11 Å². The SMILES string of the molecule is CC/C=C\C/C=C\C/C=C\C/C=C\C/C=C\C/C=C\C/C=C\C/C=C\C/C=C\CCCCCCCC(=O)OC(COC(=O)CCC/C=C\C/C=C\C/C=C\C/C=C\C/C=C\C/C=C\C/C=C\C/C=C\C/C=C\CC)COC(OCC[N+](C)(C)C)C(=O)[O-]. The molecule has 0 aliphatic rings. The molecule has 0 aromatic heterocycles. The van der Waals surface area contributed by atoms with Crippen molar-refractivity contribution in [3.63, 3.8) is 0 Å². The minimum atomic E-state index is -1.66. The lowest BCUT2D eigenvalue weighted by Gasteiger charge is -2.26. The standard InChI is InChI=1S/C78H117NO8/c1-6-8-10-12-14-16-18-20-22-24-26-28-30-32-34-36-37-38-39-41-43-45-47-49-51-53-55-57-59-61-63-65-67-69-76(81)87-74(73-86-78(77(82)83)84-71-70-79(3,4)5)72-85-75(80)68-66-64-62-60-58-56-54-52-50-48-46-44-42-40-35-33-31-29-27-25-23-21-19-17-15-13-11-9-7-2/h8-11,14-17,20-23,26-29,32-35,37-38,41-44,47-50,53-56,60,62,74,78H,6-7,12-13,18-19,24-25,30-31,36,39-40,45-46,51-52,57-59,61,63-73H2,1-5H3/b10-8-,11-9-,16-14-,17-15-,22-20-,23-21-,28-26-,29-27-,34-32-,35-33-,38-37-,43-41-,44-42-,49-47-,50-48-,55-53-,56-54-,62-60-. The van der Waals surface area contributed by atoms with Crippen LogP contribution in [0.3, 0.4) is 0 Å². The van der Waals surface area contributed by atoms with Gasteiger partial charge < -0.3 is 33.3 Å². The first-order chi connectivity index (χ1) is 42.6. The first kappa shape index (κ1) is 80.6. The minimum Gasteiger partial charge on any atom is -0.545 e. The first-order valence-corrected chi connectivity index (χ1v) is 32.9. The van der Waals surface area contributed by atoms with E-state index < -0.39 is 30.3 Å². The van der Waals surface area contributed by atoms with Crippen molar-refractivity contribution in [2.75, 3.05) is 47.5 Å². The Bertz CT molecular complexity index is 2230. The second kappa shape index (κ2) is 65.6. The van der Waals surface area contributed by atoms with E-state index in [1.54, 1.807) is 0 Å². The Kier molecular flexibility index (Phi) is 60.8. The third-order valence-electron chi connectivity index (χ3n) is 12.7. The summed E-state index contributed by atoms with van der Waals surface area (Å²) in [6.45, 7) is 4.39. The van der Waals surface area contributed by atoms with Gasteiger partial charge in [-0.2, -0.15) is 0 Å². The second-order valence-corrected chi connectivity index (χ2v) is 21.9. The minimum absolute atomic E-state index is 0.120. The van der Waals surface area contributed by atoms with E-state index in [1.807, 2.05) is 21.1 Å². The van der Waals surface area contributed by atoms with E-state index in [2.05, 4.69) is 233 Å². The number of aliphatic carboxylic acids is 1. The van der Waals surface area contributed by atoms with Crippen molar-refractivity contribution >= 4 is 17.9 Å². The third kappa shape index (κ3) is 67.0. The molecular weight excluding hydrogens is 1080 g/mol. The number of carbonyl (C=O) groups excluding carboxylic acids is 3. The number of carboxylic acid groups (broad SMARTS) is 1. The molecule has 0 fully saturated rings. The average Bonchev–Trinajstić information content (AvgIpc) is 3.59. The van der Waals surface area contributed by atoms with E-state index in [0.29, 0.717) is 23.9 Å². The normalized spacial score (nSPS) is 14.2. The summed E-state index contributed by atoms with van der Waals surface area (Å²) < 4.78 is 22.6. The number of ether oxygens (including phenoxy) is 4. The van der Waals surface area contributed by atoms with Crippen LogP contribution in [0.5, 0.6) is 0 Å². The highest BCUT2D eigenvalue weighted by Gasteiger charge is 2.22. The molecule has 0 saturated carbocycles. The Balaban J connectivity index is 4.40. The molecule has 0 heterocycles. The molecule has 0 saturated heterocycles. The molecule has 0 aromatic rings. The predicted molar refractivity (Wildman–Crippen MR) is 370 cm³/mol. The molecule has 482 valence electrons. The van der Waals surface area contributed by atoms with Gasteiger partial charge in [0.05, 0.1) is 40.3 Å². The Labute approximate surface area is 530 Å². The van der Waals surface area contributed by atoms with Crippen LogP contribution in [0.4, 0.5) is 0 Å². The summed E-state index contributed by atoms with van der Waals surface area (Å²) in [5.41, 5.74) is 0. The Morgan fingerprint density at radius 2 is 0.632 bits per heavy atom. The molecule has 9 nitrogen and oxygen atoms in total. The molecule has 87 heavy (non-hydrogen) atoms. The van der Waals surface area contributed by atoms with E-state index in [4.69, 9.17) is 18.9 Å². The molecule has 0 radical (unpaired) electrons. The smallest absolute Gasteiger partial charge is 0.306 e. The maximum absolute atomic E-state index is 12.9. The molecule has 2 atom stereocenters. The van der Waals surface area contributed by atoms with Gasteiger partial charge in [0.2, 0.25) is 0 Å². The van der Waals surface area contributed by atoms with Gasteiger partial charge in [-0.05, 0) is 148 Å². The molecule has 0 amide bonds. The number of allylic oxidation sites excluding steroid dienone is 36. The fourth-order valence-electron chi connectivity index (χ4n) is 7.76. The molecule has 0 N–H and O–H groups in total.